The number of ether oxygens (including phenoxy) is 3. The summed E-state index contributed by atoms with van der Waals surface area (Å²) in [7, 11) is 1.66. The van der Waals surface area contributed by atoms with Gasteiger partial charge in [0.2, 0.25) is 0 Å². The molecule has 0 radical (unpaired) electrons. The first kappa shape index (κ1) is 26.3. The topological polar surface area (TPSA) is 77.0 Å². The first-order chi connectivity index (χ1) is 16.9. The molecular weight excluding hydrogens is 442 g/mol. The fourth-order valence-corrected chi connectivity index (χ4v) is 3.88. The monoisotopic (exact) mass is 477 g/mol. The zero-order valence-electron chi connectivity index (χ0n) is 20.6. The third-order valence-electron chi connectivity index (χ3n) is 5.80. The number of β-amino-alcohol motifs (C(OH)–C–C–N with tert-alkyl or cyclic N) is 1. The van der Waals surface area contributed by atoms with E-state index >= 15 is 0 Å². The standard InChI is InChI=1S/C29H35NO5/c1-29(2,18-23-11-13-26(33-3)14-12-23)30-19-25(32)20-34-27-15-9-22(10-16-27)17-28(35-21-31)24-7-5-4-6-8-24/h4-16,21,25,28,30,32H,17-20H2,1-3H3. The van der Waals surface area contributed by atoms with E-state index in [2.05, 4.69) is 31.3 Å². The Balaban J connectivity index is 1.44. The summed E-state index contributed by atoms with van der Waals surface area (Å²) in [4.78, 5) is 10.9. The first-order valence-electron chi connectivity index (χ1n) is 11.8. The average Bonchev–Trinajstić information content (AvgIpc) is 2.87. The van der Waals surface area contributed by atoms with Gasteiger partial charge in [-0.1, -0.05) is 54.6 Å². The molecular formula is C29H35NO5. The van der Waals surface area contributed by atoms with Crippen LogP contribution in [0.4, 0.5) is 0 Å². The zero-order chi connectivity index (χ0) is 25.1. The van der Waals surface area contributed by atoms with E-state index in [9.17, 15) is 9.90 Å². The Morgan fingerprint density at radius 2 is 1.54 bits per heavy atom. The Morgan fingerprint density at radius 3 is 2.17 bits per heavy atom. The summed E-state index contributed by atoms with van der Waals surface area (Å²) in [6.45, 7) is 5.32. The van der Waals surface area contributed by atoms with E-state index in [1.165, 1.54) is 5.56 Å². The van der Waals surface area contributed by atoms with Crippen molar-refractivity contribution in [2.45, 2.75) is 44.4 Å². The quantitative estimate of drug-likeness (QED) is 0.333. The van der Waals surface area contributed by atoms with Crippen LogP contribution < -0.4 is 14.8 Å². The number of hydrogen-bond donors (Lipinski definition) is 2. The number of rotatable bonds is 14. The second kappa shape index (κ2) is 12.9. The molecule has 0 amide bonds. The van der Waals surface area contributed by atoms with Crippen LogP contribution in [-0.2, 0) is 22.4 Å². The number of hydrogen-bond acceptors (Lipinski definition) is 6. The Kier molecular flexibility index (Phi) is 9.70. The van der Waals surface area contributed by atoms with E-state index in [-0.39, 0.29) is 18.2 Å². The summed E-state index contributed by atoms with van der Waals surface area (Å²) >= 11 is 0. The molecule has 0 aromatic heterocycles. The Morgan fingerprint density at radius 1 is 0.914 bits per heavy atom. The van der Waals surface area contributed by atoms with Crippen LogP contribution in [0, 0.1) is 0 Å². The van der Waals surface area contributed by atoms with Crippen LogP contribution >= 0.6 is 0 Å². The van der Waals surface area contributed by atoms with E-state index in [4.69, 9.17) is 14.2 Å². The smallest absolute Gasteiger partial charge is 0.293 e. The van der Waals surface area contributed by atoms with Gasteiger partial charge in [-0.3, -0.25) is 4.79 Å². The van der Waals surface area contributed by atoms with Gasteiger partial charge in [0, 0.05) is 18.5 Å². The molecule has 0 aliphatic rings. The molecule has 186 valence electrons. The van der Waals surface area contributed by atoms with Crippen LogP contribution in [0.2, 0.25) is 0 Å². The van der Waals surface area contributed by atoms with Crippen LogP contribution in [0.3, 0.4) is 0 Å². The van der Waals surface area contributed by atoms with Gasteiger partial charge in [0.25, 0.3) is 6.47 Å². The lowest BCUT2D eigenvalue weighted by molar-refractivity contribution is -0.133. The maximum atomic E-state index is 10.9. The van der Waals surface area contributed by atoms with Crippen molar-refractivity contribution in [3.05, 3.63) is 95.6 Å². The van der Waals surface area contributed by atoms with Crippen molar-refractivity contribution in [3.8, 4) is 11.5 Å². The highest BCUT2D eigenvalue weighted by atomic mass is 16.5. The lowest BCUT2D eigenvalue weighted by Gasteiger charge is -2.28. The SMILES string of the molecule is COc1ccc(CC(C)(C)NCC(O)COc2ccc(CC(OC=O)c3ccccc3)cc2)cc1. The van der Waals surface area contributed by atoms with Gasteiger partial charge in [0.15, 0.2) is 0 Å². The van der Waals surface area contributed by atoms with Crippen molar-refractivity contribution in [3.63, 3.8) is 0 Å². The minimum Gasteiger partial charge on any atom is -0.497 e. The Labute approximate surface area is 207 Å². The highest BCUT2D eigenvalue weighted by molar-refractivity contribution is 5.39. The van der Waals surface area contributed by atoms with Gasteiger partial charge in [0.05, 0.1) is 7.11 Å². The van der Waals surface area contributed by atoms with Crippen molar-refractivity contribution in [1.82, 2.24) is 5.32 Å². The van der Waals surface area contributed by atoms with Crippen LogP contribution in [0.15, 0.2) is 78.9 Å². The van der Waals surface area contributed by atoms with Crippen molar-refractivity contribution < 1.29 is 24.1 Å². The van der Waals surface area contributed by atoms with Gasteiger partial charge in [-0.2, -0.15) is 0 Å². The molecule has 0 saturated heterocycles. The minimum absolute atomic E-state index is 0.184. The molecule has 3 aromatic rings. The molecule has 0 heterocycles. The molecule has 0 bridgehead atoms. The molecule has 2 N–H and O–H groups in total. The number of methoxy groups -OCH3 is 1. The van der Waals surface area contributed by atoms with Crippen LogP contribution in [0.5, 0.6) is 11.5 Å². The lowest BCUT2D eigenvalue weighted by atomic mass is 9.94. The third kappa shape index (κ3) is 8.74. The molecule has 3 aromatic carbocycles. The molecule has 35 heavy (non-hydrogen) atoms. The fourth-order valence-electron chi connectivity index (χ4n) is 3.88. The highest BCUT2D eigenvalue weighted by Gasteiger charge is 2.20. The predicted molar refractivity (Wildman–Crippen MR) is 137 cm³/mol. The van der Waals surface area contributed by atoms with Gasteiger partial charge in [-0.15, -0.1) is 0 Å². The number of benzene rings is 3. The fraction of sp³-hybridized carbons (Fsp3) is 0.345. The van der Waals surface area contributed by atoms with Crippen LogP contribution in [0.1, 0.15) is 36.6 Å². The molecule has 2 unspecified atom stereocenters. The molecule has 2 atom stereocenters. The second-order valence-corrected chi connectivity index (χ2v) is 9.23. The van der Waals surface area contributed by atoms with E-state index < -0.39 is 6.10 Å². The molecule has 0 aliphatic heterocycles. The number of carbonyl (C=O) groups is 1. The van der Waals surface area contributed by atoms with E-state index in [1.807, 2.05) is 66.7 Å². The predicted octanol–water partition coefficient (Wildman–Crippen LogP) is 4.50. The molecule has 0 aliphatic carbocycles. The van der Waals surface area contributed by atoms with Gasteiger partial charge in [-0.05, 0) is 61.2 Å². The van der Waals surface area contributed by atoms with Crippen LogP contribution in [-0.4, -0.2) is 43.5 Å². The maximum Gasteiger partial charge on any atom is 0.293 e. The van der Waals surface area contributed by atoms with E-state index in [0.717, 1.165) is 23.3 Å². The molecule has 0 saturated carbocycles. The summed E-state index contributed by atoms with van der Waals surface area (Å²) in [5, 5.41) is 13.8. The summed E-state index contributed by atoms with van der Waals surface area (Å²) in [6, 6.07) is 25.3. The molecule has 3 rings (SSSR count). The number of aliphatic hydroxyl groups is 1. The van der Waals surface area contributed by atoms with Crippen molar-refractivity contribution in [1.29, 1.82) is 0 Å². The maximum absolute atomic E-state index is 10.9. The minimum atomic E-state index is -0.645. The summed E-state index contributed by atoms with van der Waals surface area (Å²) in [5.74, 6) is 1.52. The van der Waals surface area contributed by atoms with Crippen molar-refractivity contribution in [2.75, 3.05) is 20.3 Å². The van der Waals surface area contributed by atoms with Gasteiger partial charge < -0.3 is 24.6 Å². The van der Waals surface area contributed by atoms with Gasteiger partial charge in [-0.25, -0.2) is 0 Å². The van der Waals surface area contributed by atoms with Crippen LogP contribution in [0.25, 0.3) is 0 Å². The number of nitrogens with one attached hydrogen (secondary N) is 1. The average molecular weight is 478 g/mol. The zero-order valence-corrected chi connectivity index (χ0v) is 20.6. The number of aliphatic hydroxyl groups excluding tert-OH is 1. The molecule has 0 spiro atoms. The lowest BCUT2D eigenvalue weighted by Crippen LogP contribution is -2.46. The molecule has 6 nitrogen and oxygen atoms in total. The largest absolute Gasteiger partial charge is 0.497 e. The van der Waals surface area contributed by atoms with E-state index in [0.29, 0.717) is 25.2 Å². The second-order valence-electron chi connectivity index (χ2n) is 9.23. The molecule has 6 heteroatoms. The summed E-state index contributed by atoms with van der Waals surface area (Å²) < 4.78 is 16.3. The van der Waals surface area contributed by atoms with Gasteiger partial charge >= 0.3 is 0 Å². The molecule has 0 fully saturated rings. The van der Waals surface area contributed by atoms with Gasteiger partial charge in [0.1, 0.15) is 30.3 Å². The first-order valence-corrected chi connectivity index (χ1v) is 11.8. The summed E-state index contributed by atoms with van der Waals surface area (Å²) in [5.41, 5.74) is 2.99. The Bertz CT molecular complexity index is 1020. The summed E-state index contributed by atoms with van der Waals surface area (Å²) in [6.07, 6.45) is 0.408. The third-order valence-corrected chi connectivity index (χ3v) is 5.80. The van der Waals surface area contributed by atoms with Crippen molar-refractivity contribution in [2.24, 2.45) is 0 Å². The number of carbonyl (C=O) groups excluding carboxylic acids is 1. The van der Waals surface area contributed by atoms with Crippen molar-refractivity contribution >= 4 is 6.47 Å². The highest BCUT2D eigenvalue weighted by Crippen LogP contribution is 2.23. The normalized spacial score (nSPS) is 13.0. The van der Waals surface area contributed by atoms with E-state index in [1.54, 1.807) is 7.11 Å². The Hall–Kier alpha value is -3.35.